The third-order valence-corrected chi connectivity index (χ3v) is 8.42. The molecule has 0 spiro atoms. The highest BCUT2D eigenvalue weighted by molar-refractivity contribution is 8.00. The maximum Gasteiger partial charge on any atom is 0.409 e. The third-order valence-electron chi connectivity index (χ3n) is 5.96. The molecule has 1 saturated heterocycles. The highest BCUT2D eigenvalue weighted by atomic mass is 32.2. The molecule has 0 atom stereocenters. The van der Waals surface area contributed by atoms with Crippen LogP contribution in [-0.2, 0) is 14.6 Å². The van der Waals surface area contributed by atoms with Crippen molar-refractivity contribution >= 4 is 38.7 Å². The molecule has 0 unspecified atom stereocenters. The Balaban J connectivity index is 1.43. The van der Waals surface area contributed by atoms with Crippen LogP contribution in [0.1, 0.15) is 40.0 Å². The lowest BCUT2D eigenvalue weighted by Gasteiger charge is -2.31. The van der Waals surface area contributed by atoms with E-state index < -0.39 is 15.7 Å². The molecule has 194 valence electrons. The van der Waals surface area contributed by atoms with Crippen LogP contribution in [0.25, 0.3) is 16.7 Å². The highest BCUT2D eigenvalue weighted by Crippen LogP contribution is 2.34. The van der Waals surface area contributed by atoms with Crippen molar-refractivity contribution in [3.8, 4) is 5.69 Å². The maximum atomic E-state index is 14.8. The first-order chi connectivity index (χ1) is 16.9. The summed E-state index contributed by atoms with van der Waals surface area (Å²) in [7, 11) is -3.53. The van der Waals surface area contributed by atoms with Crippen LogP contribution in [0.15, 0.2) is 40.6 Å². The summed E-state index contributed by atoms with van der Waals surface area (Å²) in [6.07, 6.45) is 6.16. The molecule has 0 bridgehead atoms. The van der Waals surface area contributed by atoms with Crippen LogP contribution in [0.4, 0.5) is 9.18 Å². The van der Waals surface area contributed by atoms with E-state index in [-0.39, 0.29) is 27.3 Å². The summed E-state index contributed by atoms with van der Waals surface area (Å²) in [5.41, 5.74) is 0.648. The Morgan fingerprint density at radius 1 is 1.22 bits per heavy atom. The van der Waals surface area contributed by atoms with E-state index in [1.54, 1.807) is 22.9 Å². The predicted octanol–water partition coefficient (Wildman–Crippen LogP) is 4.49. The minimum atomic E-state index is -3.53. The van der Waals surface area contributed by atoms with Gasteiger partial charge in [0.25, 0.3) is 0 Å². The summed E-state index contributed by atoms with van der Waals surface area (Å²) < 4.78 is 45.0. The van der Waals surface area contributed by atoms with Gasteiger partial charge in [0.1, 0.15) is 22.9 Å². The molecule has 1 fully saturated rings. The van der Waals surface area contributed by atoms with E-state index >= 15 is 0 Å². The van der Waals surface area contributed by atoms with Crippen molar-refractivity contribution in [1.29, 1.82) is 0 Å². The smallest absolute Gasteiger partial charge is 0.409 e. The zero-order chi connectivity index (χ0) is 26.1. The fourth-order valence-electron chi connectivity index (χ4n) is 3.83. The molecular weight excluding hydrogens is 505 g/mol. The number of thioether (sulfide) groups is 1. The normalized spacial score (nSPS) is 15.4. The van der Waals surface area contributed by atoms with Gasteiger partial charge in [-0.3, -0.25) is 0 Å². The molecule has 1 amide bonds. The van der Waals surface area contributed by atoms with E-state index in [1.807, 2.05) is 0 Å². The standard InChI is InChI=1S/C24H30FN5O4S2/c1-24(2,3)9-12-34-23(31)29-10-7-16(8-11-29)35-22-18-14-28-30(21(18)26-15-27-22)20-6-5-17(13-19(20)25)36(4,32)33/h5-6,13-16H,7-12H2,1-4H3. The van der Waals surface area contributed by atoms with Crippen molar-refractivity contribution in [2.24, 2.45) is 5.41 Å². The second-order valence-electron chi connectivity index (χ2n) is 10.1. The van der Waals surface area contributed by atoms with Gasteiger partial charge in [-0.2, -0.15) is 5.10 Å². The molecule has 1 aliphatic heterocycles. The number of halogens is 1. The fourth-order valence-corrected chi connectivity index (χ4v) is 5.61. The number of amides is 1. The quantitative estimate of drug-likeness (QED) is 0.425. The highest BCUT2D eigenvalue weighted by Gasteiger charge is 2.26. The van der Waals surface area contributed by atoms with E-state index in [2.05, 4.69) is 35.8 Å². The van der Waals surface area contributed by atoms with E-state index in [0.717, 1.165) is 36.6 Å². The number of likely N-dealkylation sites (tertiary alicyclic amines) is 1. The summed E-state index contributed by atoms with van der Waals surface area (Å²) in [6.45, 7) is 7.97. The first-order valence-corrected chi connectivity index (χ1v) is 14.5. The van der Waals surface area contributed by atoms with Crippen LogP contribution in [0.5, 0.6) is 0 Å². The second-order valence-corrected chi connectivity index (χ2v) is 13.4. The monoisotopic (exact) mass is 535 g/mol. The Hall–Kier alpha value is -2.73. The van der Waals surface area contributed by atoms with Gasteiger partial charge in [-0.15, -0.1) is 11.8 Å². The van der Waals surface area contributed by atoms with Crippen LogP contribution in [-0.4, -0.2) is 70.4 Å². The zero-order valence-corrected chi connectivity index (χ0v) is 22.4. The molecule has 0 N–H and O–H groups in total. The number of carbonyl (C=O) groups is 1. The number of nitrogens with zero attached hydrogens (tertiary/aromatic N) is 5. The molecule has 0 radical (unpaired) electrons. The van der Waals surface area contributed by atoms with Gasteiger partial charge >= 0.3 is 6.09 Å². The third kappa shape index (κ3) is 6.15. The lowest BCUT2D eigenvalue weighted by atomic mass is 9.93. The van der Waals surface area contributed by atoms with Gasteiger partial charge in [0.05, 0.1) is 23.1 Å². The number of hydrogen-bond donors (Lipinski definition) is 0. The fraction of sp³-hybridized carbons (Fsp3) is 0.500. The SMILES string of the molecule is CC(C)(C)CCOC(=O)N1CCC(Sc2ncnc3c2cnn3-c2ccc(S(C)(=O)=O)cc2F)CC1. The minimum absolute atomic E-state index is 0.101. The lowest BCUT2D eigenvalue weighted by molar-refractivity contribution is 0.0864. The Labute approximate surface area is 214 Å². The number of benzene rings is 1. The molecule has 1 aliphatic rings. The Morgan fingerprint density at radius 2 is 1.94 bits per heavy atom. The molecule has 4 rings (SSSR count). The molecule has 0 aliphatic carbocycles. The summed E-state index contributed by atoms with van der Waals surface area (Å²) in [6, 6.07) is 3.71. The van der Waals surface area contributed by atoms with Crippen molar-refractivity contribution < 1.29 is 22.3 Å². The second kappa shape index (κ2) is 10.3. The average Bonchev–Trinajstić information content (AvgIpc) is 3.23. The number of piperidine rings is 1. The van der Waals surface area contributed by atoms with Crippen LogP contribution < -0.4 is 0 Å². The number of rotatable bonds is 6. The van der Waals surface area contributed by atoms with E-state index in [9.17, 15) is 17.6 Å². The van der Waals surface area contributed by atoms with Gasteiger partial charge in [-0.1, -0.05) is 20.8 Å². The first-order valence-electron chi connectivity index (χ1n) is 11.7. The van der Waals surface area contributed by atoms with Crippen molar-refractivity contribution in [3.63, 3.8) is 0 Å². The number of carbonyl (C=O) groups excluding carboxylic acids is 1. The van der Waals surface area contributed by atoms with E-state index in [1.165, 1.54) is 23.1 Å². The van der Waals surface area contributed by atoms with Crippen molar-refractivity contribution in [1.82, 2.24) is 24.6 Å². The topological polar surface area (TPSA) is 107 Å². The Morgan fingerprint density at radius 3 is 2.58 bits per heavy atom. The van der Waals surface area contributed by atoms with Gasteiger partial charge in [-0.05, 0) is 42.9 Å². The molecule has 3 aromatic rings. The van der Waals surface area contributed by atoms with Crippen LogP contribution >= 0.6 is 11.8 Å². The Kier molecular flexibility index (Phi) is 7.56. The van der Waals surface area contributed by atoms with Gasteiger partial charge in [0, 0.05) is 24.6 Å². The molecular formula is C24H30FN5O4S2. The molecule has 36 heavy (non-hydrogen) atoms. The number of ether oxygens (including phenoxy) is 1. The van der Waals surface area contributed by atoms with Gasteiger partial charge in [0.15, 0.2) is 15.5 Å². The van der Waals surface area contributed by atoms with Crippen molar-refractivity contribution in [2.75, 3.05) is 26.0 Å². The Bertz CT molecular complexity index is 1360. The first kappa shape index (κ1) is 26.3. The summed E-state index contributed by atoms with van der Waals surface area (Å²) >= 11 is 1.59. The van der Waals surface area contributed by atoms with Crippen LogP contribution in [0.2, 0.25) is 0 Å². The van der Waals surface area contributed by atoms with Crippen molar-refractivity contribution in [2.45, 2.75) is 55.2 Å². The zero-order valence-electron chi connectivity index (χ0n) is 20.8. The van der Waals surface area contributed by atoms with E-state index in [4.69, 9.17) is 4.74 Å². The van der Waals surface area contributed by atoms with Gasteiger partial charge in [0.2, 0.25) is 0 Å². The van der Waals surface area contributed by atoms with Crippen LogP contribution in [0, 0.1) is 11.2 Å². The van der Waals surface area contributed by atoms with Gasteiger partial charge in [-0.25, -0.2) is 32.3 Å². The van der Waals surface area contributed by atoms with Crippen LogP contribution in [0.3, 0.4) is 0 Å². The molecule has 1 aromatic carbocycles. The summed E-state index contributed by atoms with van der Waals surface area (Å²) in [4.78, 5) is 22.7. The molecule has 9 nitrogen and oxygen atoms in total. The lowest BCUT2D eigenvalue weighted by Crippen LogP contribution is -2.40. The molecule has 12 heteroatoms. The summed E-state index contributed by atoms with van der Waals surface area (Å²) in [5, 5.41) is 5.95. The predicted molar refractivity (Wildman–Crippen MR) is 136 cm³/mol. The molecule has 2 aromatic heterocycles. The number of hydrogen-bond acceptors (Lipinski definition) is 8. The molecule has 3 heterocycles. The maximum absolute atomic E-state index is 14.8. The van der Waals surface area contributed by atoms with Crippen molar-refractivity contribution in [3.05, 3.63) is 36.5 Å². The number of sulfone groups is 1. The largest absolute Gasteiger partial charge is 0.449 e. The minimum Gasteiger partial charge on any atom is -0.449 e. The van der Waals surface area contributed by atoms with Gasteiger partial charge < -0.3 is 9.64 Å². The number of fused-ring (bicyclic) bond motifs is 1. The number of aromatic nitrogens is 4. The average molecular weight is 536 g/mol. The molecule has 0 saturated carbocycles. The van der Waals surface area contributed by atoms with E-state index in [0.29, 0.717) is 30.7 Å². The summed E-state index contributed by atoms with van der Waals surface area (Å²) in [5.74, 6) is -0.711.